The van der Waals surface area contributed by atoms with Gasteiger partial charge in [-0.05, 0) is 19.1 Å². The number of nitrogens with one attached hydrogen (secondary N) is 3. The van der Waals surface area contributed by atoms with Gasteiger partial charge in [-0.1, -0.05) is 0 Å². The molecule has 0 saturated carbocycles. The van der Waals surface area contributed by atoms with Crippen molar-refractivity contribution in [2.24, 2.45) is 0 Å². The zero-order valence-electron chi connectivity index (χ0n) is 10.3. The molecule has 9 nitrogen and oxygen atoms in total. The third kappa shape index (κ3) is 2.22. The Labute approximate surface area is 113 Å². The number of fused-ring (bicyclic) bond motifs is 1. The number of hydrazine groups is 2. The van der Waals surface area contributed by atoms with Crippen LogP contribution in [0.2, 0.25) is 0 Å². The number of nitrogens with zero attached hydrogens (tertiary/aromatic N) is 3. The number of carbonyl (C=O) groups is 2. The number of carbonyl (C=O) groups excluding carboxylic acids is 2. The molecule has 102 valence electrons. The summed E-state index contributed by atoms with van der Waals surface area (Å²) in [7, 11) is 1.49. The van der Waals surface area contributed by atoms with E-state index in [-0.39, 0.29) is 23.3 Å². The standard InChI is InChI=1S/C9H12N6O3S/c1-3-18-9(17)15-8(19)14-4-11-5(7(16)10-2)6(14)12-13-15/h4,12-13H,3H2,1-2H3,(H,10,16). The van der Waals surface area contributed by atoms with Crippen LogP contribution >= 0.6 is 12.2 Å². The van der Waals surface area contributed by atoms with E-state index in [1.165, 1.54) is 17.9 Å². The van der Waals surface area contributed by atoms with Crippen LogP contribution in [0.25, 0.3) is 0 Å². The highest BCUT2D eigenvalue weighted by atomic mass is 32.1. The average molecular weight is 284 g/mol. The van der Waals surface area contributed by atoms with Gasteiger partial charge < -0.3 is 10.1 Å². The second-order valence-corrected chi connectivity index (χ2v) is 3.81. The molecule has 3 N–H and O–H groups in total. The highest BCUT2D eigenvalue weighted by molar-refractivity contribution is 7.80. The predicted octanol–water partition coefficient (Wildman–Crippen LogP) is -0.321. The number of rotatable bonds is 2. The van der Waals surface area contributed by atoms with Gasteiger partial charge in [0.05, 0.1) is 6.61 Å². The molecule has 10 heteroatoms. The summed E-state index contributed by atoms with van der Waals surface area (Å²) in [4.78, 5) is 27.1. The van der Waals surface area contributed by atoms with Gasteiger partial charge in [0.1, 0.15) is 6.33 Å². The van der Waals surface area contributed by atoms with Crippen LogP contribution in [-0.4, -0.2) is 45.3 Å². The van der Waals surface area contributed by atoms with Crippen molar-refractivity contribution < 1.29 is 14.3 Å². The zero-order chi connectivity index (χ0) is 14.0. The number of imidazole rings is 1. The van der Waals surface area contributed by atoms with Crippen LogP contribution in [0, 0.1) is 0 Å². The fourth-order valence-electron chi connectivity index (χ4n) is 1.47. The average Bonchev–Trinajstić information content (AvgIpc) is 2.83. The van der Waals surface area contributed by atoms with Crippen LogP contribution in [0.5, 0.6) is 0 Å². The first-order valence-electron chi connectivity index (χ1n) is 5.42. The lowest BCUT2D eigenvalue weighted by molar-refractivity contribution is 0.0959. The van der Waals surface area contributed by atoms with Crippen molar-refractivity contribution in [3.63, 3.8) is 0 Å². The largest absolute Gasteiger partial charge is 0.448 e. The zero-order valence-corrected chi connectivity index (χ0v) is 11.1. The van der Waals surface area contributed by atoms with Crippen molar-refractivity contribution in [1.82, 2.24) is 25.4 Å². The molecule has 0 bridgehead atoms. The molecule has 2 heterocycles. The number of thiocarbonyl (C=S) groups is 1. The Hall–Kier alpha value is -2.20. The van der Waals surface area contributed by atoms with E-state index in [4.69, 9.17) is 17.0 Å². The summed E-state index contributed by atoms with van der Waals surface area (Å²) < 4.78 is 6.22. The Morgan fingerprint density at radius 3 is 2.95 bits per heavy atom. The molecule has 0 aliphatic carbocycles. The quantitative estimate of drug-likeness (QED) is 0.640. The van der Waals surface area contributed by atoms with Crippen molar-refractivity contribution in [3.8, 4) is 0 Å². The van der Waals surface area contributed by atoms with Gasteiger partial charge in [-0.25, -0.2) is 9.78 Å². The molecule has 0 aromatic carbocycles. The molecule has 0 spiro atoms. The van der Waals surface area contributed by atoms with Crippen molar-refractivity contribution in [2.45, 2.75) is 6.92 Å². The molecule has 2 amide bonds. The lowest BCUT2D eigenvalue weighted by Crippen LogP contribution is -2.55. The number of anilines is 1. The van der Waals surface area contributed by atoms with Gasteiger partial charge in [0.15, 0.2) is 11.5 Å². The summed E-state index contributed by atoms with van der Waals surface area (Å²) >= 11 is 5.12. The van der Waals surface area contributed by atoms with E-state index in [0.29, 0.717) is 5.82 Å². The molecule has 1 aliphatic heterocycles. The molecular weight excluding hydrogens is 272 g/mol. The molecule has 1 aromatic rings. The number of aromatic nitrogens is 2. The number of hydrogen-bond acceptors (Lipinski definition) is 7. The van der Waals surface area contributed by atoms with Gasteiger partial charge in [0.25, 0.3) is 5.91 Å². The molecule has 2 rings (SSSR count). The topological polar surface area (TPSA) is 101 Å². The van der Waals surface area contributed by atoms with Gasteiger partial charge in [0, 0.05) is 7.05 Å². The molecule has 1 aromatic heterocycles. The van der Waals surface area contributed by atoms with Crippen molar-refractivity contribution in [1.29, 1.82) is 0 Å². The molecule has 0 atom stereocenters. The molecule has 0 saturated heterocycles. The molecule has 1 aliphatic rings. The van der Waals surface area contributed by atoms with Crippen LogP contribution in [0.3, 0.4) is 0 Å². The van der Waals surface area contributed by atoms with Crippen molar-refractivity contribution in [3.05, 3.63) is 12.0 Å². The van der Waals surface area contributed by atoms with E-state index in [0.717, 1.165) is 5.01 Å². The maximum absolute atomic E-state index is 11.6. The van der Waals surface area contributed by atoms with Crippen molar-refractivity contribution in [2.75, 3.05) is 19.1 Å². The van der Waals surface area contributed by atoms with Gasteiger partial charge in [-0.2, -0.15) is 5.01 Å². The van der Waals surface area contributed by atoms with Crippen LogP contribution < -0.4 is 16.3 Å². The summed E-state index contributed by atoms with van der Waals surface area (Å²) in [5, 5.41) is 3.56. The highest BCUT2D eigenvalue weighted by Crippen LogP contribution is 2.18. The van der Waals surface area contributed by atoms with Crippen LogP contribution in [0.1, 0.15) is 17.4 Å². The van der Waals surface area contributed by atoms with E-state index in [1.807, 2.05) is 0 Å². The third-order valence-corrected chi connectivity index (χ3v) is 2.72. The van der Waals surface area contributed by atoms with Crippen LogP contribution in [0.15, 0.2) is 6.33 Å². The minimum atomic E-state index is -0.652. The van der Waals surface area contributed by atoms with Gasteiger partial charge in [-0.3, -0.25) is 14.8 Å². The second kappa shape index (κ2) is 5.20. The second-order valence-electron chi connectivity index (χ2n) is 3.44. The molecule has 19 heavy (non-hydrogen) atoms. The molecule has 0 unspecified atom stereocenters. The Morgan fingerprint density at radius 2 is 2.32 bits per heavy atom. The Balaban J connectivity index is 2.28. The van der Waals surface area contributed by atoms with E-state index in [1.54, 1.807) is 6.92 Å². The summed E-state index contributed by atoms with van der Waals surface area (Å²) in [5.74, 6) is -0.0136. The van der Waals surface area contributed by atoms with E-state index >= 15 is 0 Å². The Bertz CT molecular complexity index is 542. The Morgan fingerprint density at radius 1 is 1.58 bits per heavy atom. The first kappa shape index (κ1) is 13.2. The first-order valence-corrected chi connectivity index (χ1v) is 5.83. The normalized spacial score (nSPS) is 13.6. The minimum Gasteiger partial charge on any atom is -0.448 e. The predicted molar refractivity (Wildman–Crippen MR) is 69.2 cm³/mol. The maximum Gasteiger partial charge on any atom is 0.432 e. The molecular formula is C9H12N6O3S. The summed E-state index contributed by atoms with van der Waals surface area (Å²) in [5.41, 5.74) is 5.38. The SMILES string of the molecule is CCOC(=O)N1NNc2c(C(=O)NC)ncn2C1=S. The van der Waals surface area contributed by atoms with Crippen molar-refractivity contribution >= 4 is 35.1 Å². The summed E-state index contributed by atoms with van der Waals surface area (Å²) in [6.07, 6.45) is 0.698. The van der Waals surface area contributed by atoms with E-state index in [9.17, 15) is 9.59 Å². The maximum atomic E-state index is 11.6. The van der Waals surface area contributed by atoms with Crippen LogP contribution in [0.4, 0.5) is 10.6 Å². The lowest BCUT2D eigenvalue weighted by Gasteiger charge is -2.29. The summed E-state index contributed by atoms with van der Waals surface area (Å²) in [6.45, 7) is 1.91. The fourth-order valence-corrected chi connectivity index (χ4v) is 1.73. The first-order chi connectivity index (χ1) is 9.10. The smallest absolute Gasteiger partial charge is 0.432 e. The molecule has 0 radical (unpaired) electrons. The van der Waals surface area contributed by atoms with Gasteiger partial charge in [0.2, 0.25) is 5.11 Å². The minimum absolute atomic E-state index is 0.106. The molecule has 0 fully saturated rings. The highest BCUT2D eigenvalue weighted by Gasteiger charge is 2.30. The number of ether oxygens (including phenoxy) is 1. The monoisotopic (exact) mass is 284 g/mol. The lowest BCUT2D eigenvalue weighted by atomic mass is 10.4. The fraction of sp³-hybridized carbons (Fsp3) is 0.333. The third-order valence-electron chi connectivity index (χ3n) is 2.34. The number of hydrogen-bond donors (Lipinski definition) is 3. The van der Waals surface area contributed by atoms with Gasteiger partial charge >= 0.3 is 6.09 Å². The van der Waals surface area contributed by atoms with Gasteiger partial charge in [-0.15, -0.1) is 5.53 Å². The van der Waals surface area contributed by atoms with Crippen LogP contribution in [-0.2, 0) is 4.74 Å². The summed E-state index contributed by atoms with van der Waals surface area (Å²) in [6, 6.07) is 0. The number of amides is 2. The van der Waals surface area contributed by atoms with E-state index < -0.39 is 6.09 Å². The Kier molecular flexibility index (Phi) is 3.62. The van der Waals surface area contributed by atoms with E-state index in [2.05, 4.69) is 21.3 Å².